The van der Waals surface area contributed by atoms with Gasteiger partial charge in [0.1, 0.15) is 11.8 Å². The number of fused-ring (bicyclic) bond motifs is 3. The molecule has 0 bridgehead atoms. The number of hydrogen-bond acceptors (Lipinski definition) is 6. The number of aromatic nitrogens is 1. The Labute approximate surface area is 231 Å². The van der Waals surface area contributed by atoms with Gasteiger partial charge in [-0.15, -0.1) is 0 Å². The van der Waals surface area contributed by atoms with Gasteiger partial charge in [0.15, 0.2) is 0 Å². The second kappa shape index (κ2) is 9.11. The number of hydrogen-bond donors (Lipinski definition) is 1. The van der Waals surface area contributed by atoms with Gasteiger partial charge in [-0.2, -0.15) is 0 Å². The molecule has 10 heteroatoms. The van der Waals surface area contributed by atoms with Gasteiger partial charge in [0.05, 0.1) is 16.6 Å². The van der Waals surface area contributed by atoms with Crippen LogP contribution in [-0.4, -0.2) is 27.5 Å². The van der Waals surface area contributed by atoms with Gasteiger partial charge in [-0.1, -0.05) is 84.9 Å². The number of carbonyl (C=O) groups is 3. The number of carbonyl (C=O) groups excluding carboxylic acids is 3. The van der Waals surface area contributed by atoms with E-state index in [0.717, 1.165) is 22.1 Å². The van der Waals surface area contributed by atoms with Crippen molar-refractivity contribution in [2.24, 2.45) is 5.92 Å². The Morgan fingerprint density at radius 1 is 0.974 bits per heavy atom. The molecule has 7 nitrogen and oxygen atoms in total. The van der Waals surface area contributed by atoms with E-state index in [1.807, 2.05) is 56.3 Å². The fourth-order valence-electron chi connectivity index (χ4n) is 5.28. The molecule has 1 fully saturated rings. The second-order valence-electron chi connectivity index (χ2n) is 9.89. The van der Waals surface area contributed by atoms with Crippen LogP contribution in [0, 0.1) is 5.92 Å². The van der Waals surface area contributed by atoms with E-state index in [9.17, 15) is 19.2 Å². The van der Waals surface area contributed by atoms with E-state index in [2.05, 4.69) is 5.32 Å². The maximum absolute atomic E-state index is 13.6. The van der Waals surface area contributed by atoms with Gasteiger partial charge in [0.25, 0.3) is 0 Å². The van der Waals surface area contributed by atoms with Crippen LogP contribution >= 0.6 is 34.7 Å². The number of halogens is 1. The molecule has 0 spiro atoms. The molecule has 0 radical (unpaired) electrons. The van der Waals surface area contributed by atoms with Gasteiger partial charge in [0.2, 0.25) is 17.7 Å². The molecule has 2 aliphatic rings. The Balaban J connectivity index is 1.32. The van der Waals surface area contributed by atoms with Crippen molar-refractivity contribution in [2.45, 2.75) is 36.1 Å². The molecule has 1 N–H and O–H groups in total. The van der Waals surface area contributed by atoms with Crippen molar-refractivity contribution in [1.82, 2.24) is 4.57 Å². The van der Waals surface area contributed by atoms with Crippen LogP contribution < -0.4 is 15.1 Å². The van der Waals surface area contributed by atoms with Gasteiger partial charge in [0, 0.05) is 26.4 Å². The number of nitrogens with one attached hydrogen (secondary N) is 1. The zero-order valence-corrected chi connectivity index (χ0v) is 22.8. The number of nitrogens with zero attached hydrogens (tertiary/aromatic N) is 2. The molecule has 6 rings (SSSR count). The SMILES string of the molecule is CC1(C)c2sc(=O)n(CC(=O)Nc3cccc4ccccc34)c2SC2C(=O)N(c3ccc(Cl)cc3)C(=O)C21. The van der Waals surface area contributed by atoms with Crippen molar-refractivity contribution in [1.29, 1.82) is 0 Å². The van der Waals surface area contributed by atoms with Crippen LogP contribution in [0.25, 0.3) is 10.8 Å². The number of anilines is 2. The van der Waals surface area contributed by atoms with Gasteiger partial charge < -0.3 is 5.32 Å². The maximum Gasteiger partial charge on any atom is 0.308 e. The van der Waals surface area contributed by atoms with Crippen molar-refractivity contribution in [2.75, 3.05) is 10.2 Å². The summed E-state index contributed by atoms with van der Waals surface area (Å²) in [6.45, 7) is 3.57. The van der Waals surface area contributed by atoms with Crippen LogP contribution in [0.4, 0.5) is 11.4 Å². The van der Waals surface area contributed by atoms with Crippen LogP contribution in [0.15, 0.2) is 76.6 Å². The number of benzene rings is 3. The summed E-state index contributed by atoms with van der Waals surface area (Å²) in [6, 6.07) is 20.0. The molecule has 3 heterocycles. The Hall–Kier alpha value is -3.40. The van der Waals surface area contributed by atoms with Crippen LogP contribution in [-0.2, 0) is 26.3 Å². The molecule has 0 saturated carbocycles. The summed E-state index contributed by atoms with van der Waals surface area (Å²) in [6.07, 6.45) is 0. The molecule has 3 amide bonds. The fraction of sp³-hybridized carbons (Fsp3) is 0.214. The molecular weight excluding hydrogens is 542 g/mol. The number of imide groups is 1. The topological polar surface area (TPSA) is 88.5 Å². The van der Waals surface area contributed by atoms with Crippen LogP contribution in [0.1, 0.15) is 18.7 Å². The van der Waals surface area contributed by atoms with E-state index >= 15 is 0 Å². The van der Waals surface area contributed by atoms with Crippen molar-refractivity contribution in [3.63, 3.8) is 0 Å². The molecule has 38 heavy (non-hydrogen) atoms. The maximum atomic E-state index is 13.6. The summed E-state index contributed by atoms with van der Waals surface area (Å²) in [5.41, 5.74) is 0.347. The van der Waals surface area contributed by atoms with E-state index in [0.29, 0.717) is 26.3 Å². The lowest BCUT2D eigenvalue weighted by Gasteiger charge is -2.36. The molecule has 2 atom stereocenters. The molecule has 4 aromatic rings. The highest BCUT2D eigenvalue weighted by molar-refractivity contribution is 8.00. The van der Waals surface area contributed by atoms with Gasteiger partial charge >= 0.3 is 4.87 Å². The molecular formula is C28H22ClN3O4S2. The zero-order chi connectivity index (χ0) is 26.8. The third kappa shape index (κ3) is 3.88. The van der Waals surface area contributed by atoms with Gasteiger partial charge in [-0.25, -0.2) is 4.90 Å². The zero-order valence-electron chi connectivity index (χ0n) is 20.4. The van der Waals surface area contributed by atoms with E-state index in [1.54, 1.807) is 24.3 Å². The monoisotopic (exact) mass is 563 g/mol. The van der Waals surface area contributed by atoms with E-state index in [1.165, 1.54) is 21.2 Å². The molecule has 1 saturated heterocycles. The minimum atomic E-state index is -0.777. The lowest BCUT2D eigenvalue weighted by atomic mass is 9.76. The number of amides is 3. The lowest BCUT2D eigenvalue weighted by Crippen LogP contribution is -2.41. The minimum Gasteiger partial charge on any atom is -0.324 e. The smallest absolute Gasteiger partial charge is 0.308 e. The van der Waals surface area contributed by atoms with E-state index in [-0.39, 0.29) is 29.1 Å². The average molecular weight is 564 g/mol. The first-order valence-electron chi connectivity index (χ1n) is 12.0. The largest absolute Gasteiger partial charge is 0.324 e. The number of rotatable bonds is 4. The van der Waals surface area contributed by atoms with Gasteiger partial charge in [-0.05, 0) is 35.7 Å². The highest BCUT2D eigenvalue weighted by Crippen LogP contribution is 2.54. The fourth-order valence-corrected chi connectivity index (χ4v) is 8.44. The van der Waals surface area contributed by atoms with Crippen LogP contribution in [0.2, 0.25) is 5.02 Å². The molecule has 192 valence electrons. The summed E-state index contributed by atoms with van der Waals surface area (Å²) in [5.74, 6) is -1.62. The summed E-state index contributed by atoms with van der Waals surface area (Å²) >= 11 is 8.23. The van der Waals surface area contributed by atoms with Crippen molar-refractivity contribution in [3.8, 4) is 0 Å². The molecule has 0 aliphatic carbocycles. The van der Waals surface area contributed by atoms with Crippen LogP contribution in [0.5, 0.6) is 0 Å². The van der Waals surface area contributed by atoms with Crippen molar-refractivity contribution in [3.05, 3.63) is 86.3 Å². The average Bonchev–Trinajstić information content (AvgIpc) is 3.34. The molecule has 3 aromatic carbocycles. The first-order valence-corrected chi connectivity index (χ1v) is 14.1. The van der Waals surface area contributed by atoms with Crippen molar-refractivity contribution >= 4 is 74.6 Å². The summed E-state index contributed by atoms with van der Waals surface area (Å²) in [5, 5.41) is 5.19. The third-order valence-corrected chi connectivity index (χ3v) is 10.2. The normalized spacial score (nSPS) is 19.9. The Bertz CT molecular complexity index is 1690. The van der Waals surface area contributed by atoms with Gasteiger partial charge in [-0.3, -0.25) is 23.7 Å². The highest BCUT2D eigenvalue weighted by Gasteiger charge is 2.59. The standard InChI is InChI=1S/C28H22ClN3O4S2/c1-28(2)21-22(25(35)32(24(21)34)17-12-10-16(29)11-13-17)37-26-23(28)38-27(36)31(26)14-20(33)30-19-9-5-7-15-6-3-4-8-18(15)19/h3-13,21-22H,14H2,1-2H3,(H,30,33). The summed E-state index contributed by atoms with van der Waals surface area (Å²) < 4.78 is 1.42. The minimum absolute atomic E-state index is 0.197. The van der Waals surface area contributed by atoms with E-state index < -0.39 is 16.6 Å². The summed E-state index contributed by atoms with van der Waals surface area (Å²) in [4.78, 5) is 54.9. The predicted octanol–water partition coefficient (Wildman–Crippen LogP) is 5.30. The highest BCUT2D eigenvalue weighted by atomic mass is 35.5. The molecule has 2 unspecified atom stereocenters. The Kier molecular flexibility index (Phi) is 5.97. The second-order valence-corrected chi connectivity index (χ2v) is 12.4. The molecule has 1 aromatic heterocycles. The molecule has 2 aliphatic heterocycles. The lowest BCUT2D eigenvalue weighted by molar-refractivity contribution is -0.123. The Morgan fingerprint density at radius 2 is 1.68 bits per heavy atom. The number of thiazole rings is 1. The van der Waals surface area contributed by atoms with E-state index in [4.69, 9.17) is 11.6 Å². The Morgan fingerprint density at radius 3 is 2.45 bits per heavy atom. The van der Waals surface area contributed by atoms with Crippen LogP contribution in [0.3, 0.4) is 0 Å². The first kappa shape index (κ1) is 24.9. The summed E-state index contributed by atoms with van der Waals surface area (Å²) in [7, 11) is 0. The quantitative estimate of drug-likeness (QED) is 0.341. The first-order chi connectivity index (χ1) is 18.2. The van der Waals surface area contributed by atoms with Crippen molar-refractivity contribution < 1.29 is 14.4 Å². The predicted molar refractivity (Wildman–Crippen MR) is 151 cm³/mol. The number of thioether (sulfide) groups is 1. The third-order valence-electron chi connectivity index (χ3n) is 7.15.